The number of likely N-dealkylation sites (N-methyl/N-ethyl adjacent to an activating group) is 2. The fourth-order valence-electron chi connectivity index (χ4n) is 1.82. The molecule has 0 fully saturated rings. The van der Waals surface area contributed by atoms with E-state index in [0.717, 1.165) is 18.8 Å². The smallest absolute Gasteiger partial charge is 0.117 e. The van der Waals surface area contributed by atoms with Crippen LogP contribution in [-0.4, -0.2) is 31.6 Å². The Balaban J connectivity index is 2.44. The molecule has 0 aliphatic rings. The average Bonchev–Trinajstić information content (AvgIpc) is 2.70. The Bertz CT molecular complexity index is 240. The van der Waals surface area contributed by atoms with E-state index >= 15 is 0 Å². The van der Waals surface area contributed by atoms with Crippen LogP contribution in [-0.2, 0) is 6.54 Å². The topological polar surface area (TPSA) is 28.4 Å². The standard InChI is InChI=1S/C12H22N2O/c1-4-6-11(9-13-2)14(3)10-12-7-5-8-15-12/h5,7-8,11,13H,4,6,9-10H2,1-3H3. The lowest BCUT2D eigenvalue weighted by Crippen LogP contribution is -2.38. The van der Waals surface area contributed by atoms with Gasteiger partial charge in [-0.15, -0.1) is 0 Å². The Morgan fingerprint density at radius 2 is 2.33 bits per heavy atom. The van der Waals surface area contributed by atoms with Crippen molar-refractivity contribution in [3.8, 4) is 0 Å². The van der Waals surface area contributed by atoms with Gasteiger partial charge in [-0.05, 0) is 32.6 Å². The summed E-state index contributed by atoms with van der Waals surface area (Å²) in [5, 5.41) is 3.24. The van der Waals surface area contributed by atoms with Gasteiger partial charge in [-0.1, -0.05) is 13.3 Å². The summed E-state index contributed by atoms with van der Waals surface area (Å²) in [5.41, 5.74) is 0. The Labute approximate surface area is 92.5 Å². The summed E-state index contributed by atoms with van der Waals surface area (Å²) in [6.07, 6.45) is 4.17. The van der Waals surface area contributed by atoms with Crippen LogP contribution in [0.25, 0.3) is 0 Å². The van der Waals surface area contributed by atoms with Crippen molar-refractivity contribution in [1.29, 1.82) is 0 Å². The third-order valence-electron chi connectivity index (χ3n) is 2.67. The van der Waals surface area contributed by atoms with Crippen molar-refractivity contribution in [2.24, 2.45) is 0 Å². The molecular formula is C12H22N2O. The molecule has 3 heteroatoms. The van der Waals surface area contributed by atoms with Crippen molar-refractivity contribution in [2.75, 3.05) is 20.6 Å². The van der Waals surface area contributed by atoms with Crippen LogP contribution in [0.3, 0.4) is 0 Å². The lowest BCUT2D eigenvalue weighted by Gasteiger charge is -2.26. The Hall–Kier alpha value is -0.800. The van der Waals surface area contributed by atoms with E-state index in [1.807, 2.05) is 19.2 Å². The van der Waals surface area contributed by atoms with Crippen LogP contribution in [0.5, 0.6) is 0 Å². The molecule has 1 atom stereocenters. The highest BCUT2D eigenvalue weighted by Crippen LogP contribution is 2.10. The summed E-state index contributed by atoms with van der Waals surface area (Å²) in [4.78, 5) is 2.35. The van der Waals surface area contributed by atoms with Crippen molar-refractivity contribution in [3.63, 3.8) is 0 Å². The van der Waals surface area contributed by atoms with E-state index in [1.165, 1.54) is 12.8 Å². The van der Waals surface area contributed by atoms with Gasteiger partial charge >= 0.3 is 0 Å². The van der Waals surface area contributed by atoms with Gasteiger partial charge < -0.3 is 9.73 Å². The quantitative estimate of drug-likeness (QED) is 0.747. The van der Waals surface area contributed by atoms with Crippen molar-refractivity contribution >= 4 is 0 Å². The molecule has 1 aromatic rings. The molecule has 0 aliphatic heterocycles. The fourth-order valence-corrected chi connectivity index (χ4v) is 1.82. The second-order valence-corrected chi connectivity index (χ2v) is 3.99. The van der Waals surface area contributed by atoms with Gasteiger partial charge in [0.25, 0.3) is 0 Å². The van der Waals surface area contributed by atoms with Crippen LogP contribution >= 0.6 is 0 Å². The SMILES string of the molecule is CCCC(CNC)N(C)Cc1ccco1. The maximum atomic E-state index is 5.35. The number of rotatable bonds is 7. The summed E-state index contributed by atoms with van der Waals surface area (Å²) in [5.74, 6) is 1.04. The molecule has 1 unspecified atom stereocenters. The minimum absolute atomic E-state index is 0.588. The zero-order valence-corrected chi connectivity index (χ0v) is 9.99. The minimum atomic E-state index is 0.588. The van der Waals surface area contributed by atoms with Gasteiger partial charge in [0.05, 0.1) is 12.8 Å². The van der Waals surface area contributed by atoms with Crippen LogP contribution in [0.2, 0.25) is 0 Å². The van der Waals surface area contributed by atoms with Gasteiger partial charge in [0.1, 0.15) is 5.76 Å². The molecule has 15 heavy (non-hydrogen) atoms. The molecule has 86 valence electrons. The second-order valence-electron chi connectivity index (χ2n) is 3.99. The van der Waals surface area contributed by atoms with E-state index in [-0.39, 0.29) is 0 Å². The Morgan fingerprint density at radius 3 is 2.87 bits per heavy atom. The lowest BCUT2D eigenvalue weighted by atomic mass is 10.1. The summed E-state index contributed by atoms with van der Waals surface area (Å²) in [6.45, 7) is 4.15. The van der Waals surface area contributed by atoms with Crippen molar-refractivity contribution in [1.82, 2.24) is 10.2 Å². The van der Waals surface area contributed by atoms with Crippen LogP contribution in [0, 0.1) is 0 Å². The van der Waals surface area contributed by atoms with Crippen LogP contribution in [0.4, 0.5) is 0 Å². The third-order valence-corrected chi connectivity index (χ3v) is 2.67. The van der Waals surface area contributed by atoms with Crippen molar-refractivity contribution in [2.45, 2.75) is 32.4 Å². The molecule has 0 spiro atoms. The van der Waals surface area contributed by atoms with E-state index in [9.17, 15) is 0 Å². The molecule has 1 N–H and O–H groups in total. The number of hydrogen-bond donors (Lipinski definition) is 1. The van der Waals surface area contributed by atoms with E-state index in [1.54, 1.807) is 6.26 Å². The monoisotopic (exact) mass is 210 g/mol. The molecule has 1 aromatic heterocycles. The largest absolute Gasteiger partial charge is 0.468 e. The number of hydrogen-bond acceptors (Lipinski definition) is 3. The van der Waals surface area contributed by atoms with Gasteiger partial charge in [-0.2, -0.15) is 0 Å². The highest BCUT2D eigenvalue weighted by molar-refractivity contribution is 4.98. The van der Waals surface area contributed by atoms with Crippen LogP contribution < -0.4 is 5.32 Å². The molecule has 0 radical (unpaired) electrons. The predicted octanol–water partition coefficient (Wildman–Crippen LogP) is 2.10. The van der Waals surface area contributed by atoms with E-state index in [0.29, 0.717) is 6.04 Å². The van der Waals surface area contributed by atoms with Gasteiger partial charge in [-0.25, -0.2) is 0 Å². The van der Waals surface area contributed by atoms with Gasteiger partial charge in [-0.3, -0.25) is 4.90 Å². The third kappa shape index (κ3) is 4.06. The van der Waals surface area contributed by atoms with Crippen LogP contribution in [0.1, 0.15) is 25.5 Å². The highest BCUT2D eigenvalue weighted by Gasteiger charge is 2.13. The molecule has 0 aliphatic carbocycles. The fraction of sp³-hybridized carbons (Fsp3) is 0.667. The maximum absolute atomic E-state index is 5.35. The molecule has 0 amide bonds. The minimum Gasteiger partial charge on any atom is -0.468 e. The first kappa shape index (κ1) is 12.3. The van der Waals surface area contributed by atoms with Crippen molar-refractivity contribution < 1.29 is 4.42 Å². The van der Waals surface area contributed by atoms with Gasteiger partial charge in [0.15, 0.2) is 0 Å². The molecule has 3 nitrogen and oxygen atoms in total. The highest BCUT2D eigenvalue weighted by atomic mass is 16.3. The van der Waals surface area contributed by atoms with Crippen molar-refractivity contribution in [3.05, 3.63) is 24.2 Å². The summed E-state index contributed by atoms with van der Waals surface area (Å²) < 4.78 is 5.35. The zero-order chi connectivity index (χ0) is 11.1. The Kier molecular flexibility index (Phi) is 5.43. The van der Waals surface area contributed by atoms with E-state index in [2.05, 4.69) is 24.2 Å². The second kappa shape index (κ2) is 6.64. The molecular weight excluding hydrogens is 188 g/mol. The Morgan fingerprint density at radius 1 is 1.53 bits per heavy atom. The number of nitrogens with zero attached hydrogens (tertiary/aromatic N) is 1. The van der Waals surface area contributed by atoms with E-state index in [4.69, 9.17) is 4.42 Å². The zero-order valence-electron chi connectivity index (χ0n) is 9.99. The molecule has 0 saturated heterocycles. The molecule has 0 aromatic carbocycles. The number of furan rings is 1. The average molecular weight is 210 g/mol. The molecule has 0 saturated carbocycles. The summed E-state index contributed by atoms with van der Waals surface area (Å²) in [7, 11) is 4.16. The molecule has 1 rings (SSSR count). The summed E-state index contributed by atoms with van der Waals surface area (Å²) in [6, 6.07) is 4.56. The van der Waals surface area contributed by atoms with E-state index < -0.39 is 0 Å². The first-order chi connectivity index (χ1) is 7.27. The first-order valence-corrected chi connectivity index (χ1v) is 5.65. The normalized spacial score (nSPS) is 13.3. The molecule has 0 bridgehead atoms. The molecule has 1 heterocycles. The number of nitrogens with one attached hydrogen (secondary N) is 1. The van der Waals surface area contributed by atoms with Gasteiger partial charge in [0.2, 0.25) is 0 Å². The van der Waals surface area contributed by atoms with Crippen LogP contribution in [0.15, 0.2) is 22.8 Å². The predicted molar refractivity (Wildman–Crippen MR) is 62.8 cm³/mol. The van der Waals surface area contributed by atoms with Gasteiger partial charge in [0, 0.05) is 12.6 Å². The maximum Gasteiger partial charge on any atom is 0.117 e. The summed E-state index contributed by atoms with van der Waals surface area (Å²) >= 11 is 0. The first-order valence-electron chi connectivity index (χ1n) is 5.65. The lowest BCUT2D eigenvalue weighted by molar-refractivity contribution is 0.202.